The second kappa shape index (κ2) is 7.04. The summed E-state index contributed by atoms with van der Waals surface area (Å²) in [5.41, 5.74) is 2.39. The van der Waals surface area contributed by atoms with Gasteiger partial charge in [0.25, 0.3) is 0 Å². The number of ether oxygens (including phenoxy) is 2. The van der Waals surface area contributed by atoms with Crippen molar-refractivity contribution < 1.29 is 14.4 Å². The number of nitro benzene ring substituents is 1. The number of methoxy groups -OCH3 is 1. The van der Waals surface area contributed by atoms with Crippen LogP contribution in [0.1, 0.15) is 11.1 Å². The molecule has 1 N–H and O–H groups in total. The largest absolute Gasteiger partial charge is 0.493 e. The lowest BCUT2D eigenvalue weighted by Crippen LogP contribution is -2.03. The van der Waals surface area contributed by atoms with Crippen LogP contribution in [0, 0.1) is 17.0 Å². The molecule has 7 heteroatoms. The average Bonchev–Trinajstić information content (AvgIpc) is 3.15. The van der Waals surface area contributed by atoms with E-state index in [1.54, 1.807) is 18.5 Å². The van der Waals surface area contributed by atoms with Gasteiger partial charge in [0.2, 0.25) is 5.75 Å². The van der Waals surface area contributed by atoms with E-state index >= 15 is 0 Å². The van der Waals surface area contributed by atoms with Crippen molar-refractivity contribution >= 4 is 5.69 Å². The Morgan fingerprint density at radius 3 is 2.72 bits per heavy atom. The van der Waals surface area contributed by atoms with Crippen LogP contribution in [0.15, 0.2) is 48.8 Å². The van der Waals surface area contributed by atoms with Gasteiger partial charge in [0, 0.05) is 24.0 Å². The highest BCUT2D eigenvalue weighted by molar-refractivity contribution is 5.69. The van der Waals surface area contributed by atoms with Gasteiger partial charge in [0.15, 0.2) is 5.75 Å². The van der Waals surface area contributed by atoms with Crippen molar-refractivity contribution in [1.29, 1.82) is 0 Å². The lowest BCUT2D eigenvalue weighted by atomic mass is 10.1. The molecular weight excluding hydrogens is 322 g/mol. The van der Waals surface area contributed by atoms with Gasteiger partial charge < -0.3 is 14.5 Å². The van der Waals surface area contributed by atoms with E-state index in [9.17, 15) is 10.1 Å². The fraction of sp³-hybridized carbons (Fsp3) is 0.167. The highest BCUT2D eigenvalue weighted by Crippen LogP contribution is 2.41. The number of nitrogens with one attached hydrogen (secondary N) is 1. The predicted molar refractivity (Wildman–Crippen MR) is 92.7 cm³/mol. The summed E-state index contributed by atoms with van der Waals surface area (Å²) in [5.74, 6) is 0.909. The summed E-state index contributed by atoms with van der Waals surface area (Å²) >= 11 is 0. The fourth-order valence-electron chi connectivity index (χ4n) is 2.50. The molecule has 0 aliphatic carbocycles. The zero-order valence-corrected chi connectivity index (χ0v) is 13.9. The number of rotatable bonds is 6. The Morgan fingerprint density at radius 2 is 2.08 bits per heavy atom. The Hall–Kier alpha value is -3.35. The standard InChI is InChI=1S/C18H17N3O4/c1-12-5-3-4-6-13(12)11-25-17-15(21(22)23)9-14(10-16(17)24-2)18-19-7-8-20-18/h3-10H,11H2,1-2H3,(H,19,20). The number of nitrogens with zero attached hydrogens (tertiary/aromatic N) is 2. The summed E-state index contributed by atoms with van der Waals surface area (Å²) in [7, 11) is 1.45. The fourth-order valence-corrected chi connectivity index (χ4v) is 2.50. The maximum absolute atomic E-state index is 11.5. The van der Waals surface area contributed by atoms with Gasteiger partial charge >= 0.3 is 5.69 Å². The number of H-pyrrole nitrogens is 1. The first-order chi connectivity index (χ1) is 12.1. The van der Waals surface area contributed by atoms with Crippen LogP contribution in [-0.4, -0.2) is 22.0 Å². The SMILES string of the molecule is COc1cc(-c2ncc[nH]2)cc([N+](=O)[O-])c1OCc1ccccc1C. The first-order valence-corrected chi connectivity index (χ1v) is 7.63. The molecule has 3 aromatic rings. The quantitative estimate of drug-likeness (QED) is 0.543. The first kappa shape index (κ1) is 16.5. The van der Waals surface area contributed by atoms with Crippen molar-refractivity contribution in [3.05, 3.63) is 70.0 Å². The van der Waals surface area contributed by atoms with E-state index < -0.39 is 4.92 Å². The maximum Gasteiger partial charge on any atom is 0.315 e. The van der Waals surface area contributed by atoms with Crippen molar-refractivity contribution in [1.82, 2.24) is 9.97 Å². The van der Waals surface area contributed by atoms with Crippen molar-refractivity contribution in [3.8, 4) is 22.9 Å². The van der Waals surface area contributed by atoms with Crippen LogP contribution in [0.4, 0.5) is 5.69 Å². The molecule has 1 aromatic heterocycles. The molecule has 3 rings (SSSR count). The third-order valence-electron chi connectivity index (χ3n) is 3.86. The van der Waals surface area contributed by atoms with E-state index in [1.807, 2.05) is 31.2 Å². The molecule has 0 saturated carbocycles. The van der Waals surface area contributed by atoms with Crippen LogP contribution in [0.5, 0.6) is 11.5 Å². The van der Waals surface area contributed by atoms with Crippen molar-refractivity contribution in [2.45, 2.75) is 13.5 Å². The number of nitro groups is 1. The Morgan fingerprint density at radius 1 is 1.28 bits per heavy atom. The molecule has 0 unspecified atom stereocenters. The number of imidazole rings is 1. The zero-order valence-electron chi connectivity index (χ0n) is 13.9. The molecule has 0 fully saturated rings. The van der Waals surface area contributed by atoms with E-state index in [2.05, 4.69) is 9.97 Å². The molecule has 2 aromatic carbocycles. The van der Waals surface area contributed by atoms with Gasteiger partial charge in [-0.2, -0.15) is 0 Å². The molecule has 0 bridgehead atoms. The van der Waals surface area contributed by atoms with Gasteiger partial charge in [-0.15, -0.1) is 0 Å². The van der Waals surface area contributed by atoms with Crippen molar-refractivity contribution in [2.75, 3.05) is 7.11 Å². The summed E-state index contributed by atoms with van der Waals surface area (Å²) in [6.45, 7) is 2.17. The van der Waals surface area contributed by atoms with Gasteiger partial charge in [0.1, 0.15) is 12.4 Å². The summed E-state index contributed by atoms with van der Waals surface area (Å²) in [6.07, 6.45) is 3.23. The number of hydrogen-bond donors (Lipinski definition) is 1. The topological polar surface area (TPSA) is 90.3 Å². The zero-order chi connectivity index (χ0) is 17.8. The molecule has 0 spiro atoms. The number of benzene rings is 2. The highest BCUT2D eigenvalue weighted by Gasteiger charge is 2.23. The number of hydrogen-bond acceptors (Lipinski definition) is 5. The van der Waals surface area contributed by atoms with E-state index in [-0.39, 0.29) is 23.8 Å². The van der Waals surface area contributed by atoms with E-state index in [4.69, 9.17) is 9.47 Å². The summed E-state index contributed by atoms with van der Waals surface area (Å²) in [4.78, 5) is 18.1. The van der Waals surface area contributed by atoms with Crippen LogP contribution in [0.25, 0.3) is 11.4 Å². The normalized spacial score (nSPS) is 10.5. The Labute approximate surface area is 144 Å². The second-order valence-electron chi connectivity index (χ2n) is 5.44. The van der Waals surface area contributed by atoms with Gasteiger partial charge in [-0.05, 0) is 24.1 Å². The molecule has 7 nitrogen and oxygen atoms in total. The summed E-state index contributed by atoms with van der Waals surface area (Å²) < 4.78 is 11.1. The number of aryl methyl sites for hydroxylation is 1. The Balaban J connectivity index is 2.00. The molecule has 0 radical (unpaired) electrons. The molecular formula is C18H17N3O4. The van der Waals surface area contributed by atoms with Crippen LogP contribution in [0.3, 0.4) is 0 Å². The van der Waals surface area contributed by atoms with Gasteiger partial charge in [-0.1, -0.05) is 24.3 Å². The monoisotopic (exact) mass is 339 g/mol. The Kier molecular flexibility index (Phi) is 4.65. The third kappa shape index (κ3) is 3.45. The second-order valence-corrected chi connectivity index (χ2v) is 5.44. The third-order valence-corrected chi connectivity index (χ3v) is 3.86. The minimum atomic E-state index is -0.484. The van der Waals surface area contributed by atoms with Crippen molar-refractivity contribution in [2.24, 2.45) is 0 Å². The Bertz CT molecular complexity index is 891. The lowest BCUT2D eigenvalue weighted by molar-refractivity contribution is -0.386. The molecule has 0 aliphatic heterocycles. The first-order valence-electron chi connectivity index (χ1n) is 7.63. The highest BCUT2D eigenvalue weighted by atomic mass is 16.6. The van der Waals surface area contributed by atoms with E-state index in [0.29, 0.717) is 11.4 Å². The molecule has 0 aliphatic rings. The molecule has 0 amide bonds. The predicted octanol–water partition coefficient (Wildman–Crippen LogP) is 3.88. The minimum Gasteiger partial charge on any atom is -0.493 e. The summed E-state index contributed by atoms with van der Waals surface area (Å²) in [6, 6.07) is 10.8. The molecule has 25 heavy (non-hydrogen) atoms. The maximum atomic E-state index is 11.5. The van der Waals surface area contributed by atoms with Crippen molar-refractivity contribution in [3.63, 3.8) is 0 Å². The number of aromatic nitrogens is 2. The van der Waals surface area contributed by atoms with Crippen LogP contribution < -0.4 is 9.47 Å². The molecule has 0 saturated heterocycles. The minimum absolute atomic E-state index is 0.103. The average molecular weight is 339 g/mol. The number of aromatic amines is 1. The van der Waals surface area contributed by atoms with Crippen LogP contribution in [0.2, 0.25) is 0 Å². The molecule has 1 heterocycles. The smallest absolute Gasteiger partial charge is 0.315 e. The van der Waals surface area contributed by atoms with E-state index in [1.165, 1.54) is 13.2 Å². The lowest BCUT2D eigenvalue weighted by Gasteiger charge is -2.13. The van der Waals surface area contributed by atoms with Crippen LogP contribution in [-0.2, 0) is 6.61 Å². The van der Waals surface area contributed by atoms with Gasteiger partial charge in [-0.3, -0.25) is 10.1 Å². The molecule has 128 valence electrons. The summed E-state index contributed by atoms with van der Waals surface area (Å²) in [5, 5.41) is 11.5. The van der Waals surface area contributed by atoms with Gasteiger partial charge in [0.05, 0.1) is 12.0 Å². The molecule has 0 atom stereocenters. The van der Waals surface area contributed by atoms with Crippen LogP contribution >= 0.6 is 0 Å². The van der Waals surface area contributed by atoms with E-state index in [0.717, 1.165) is 11.1 Å². The van der Waals surface area contributed by atoms with Gasteiger partial charge in [-0.25, -0.2) is 4.98 Å².